The molecule has 1 atom stereocenters. The van der Waals surface area contributed by atoms with Gasteiger partial charge in [-0.25, -0.2) is 0 Å². The number of piperidine rings is 1. The van der Waals surface area contributed by atoms with Crippen molar-refractivity contribution in [2.24, 2.45) is 0 Å². The second-order valence-electron chi connectivity index (χ2n) is 6.73. The summed E-state index contributed by atoms with van der Waals surface area (Å²) in [6.07, 6.45) is 4.22. The summed E-state index contributed by atoms with van der Waals surface area (Å²) >= 11 is 0. The minimum Gasteiger partial charge on any atom is -0.496 e. The van der Waals surface area contributed by atoms with Crippen LogP contribution in [0.1, 0.15) is 41.4 Å². The van der Waals surface area contributed by atoms with Crippen LogP contribution >= 0.6 is 0 Å². The molecule has 1 N–H and O–H groups in total. The van der Waals surface area contributed by atoms with E-state index in [-0.39, 0.29) is 0 Å². The third-order valence-electron chi connectivity index (χ3n) is 4.75. The molecule has 0 bridgehead atoms. The van der Waals surface area contributed by atoms with Crippen molar-refractivity contribution in [3.63, 3.8) is 0 Å². The number of methoxy groups -OCH3 is 1. The Morgan fingerprint density at radius 1 is 1.36 bits per heavy atom. The molecular weight excluding hydrogens is 318 g/mol. The minimum atomic E-state index is 0.440. The molecule has 7 nitrogen and oxygen atoms in total. The number of ether oxygens (including phenoxy) is 1. The van der Waals surface area contributed by atoms with Crippen LogP contribution in [0.5, 0.6) is 5.75 Å². The number of nitrogens with one attached hydrogen (secondary N) is 1. The van der Waals surface area contributed by atoms with Crippen LogP contribution < -0.4 is 10.1 Å². The number of likely N-dealkylation sites (tertiary alicyclic amines) is 1. The van der Waals surface area contributed by atoms with Gasteiger partial charge in [-0.15, -0.1) is 0 Å². The monoisotopic (exact) mass is 345 g/mol. The van der Waals surface area contributed by atoms with Crippen molar-refractivity contribution in [3.8, 4) is 5.75 Å². The molecule has 2 aromatic heterocycles. The van der Waals surface area contributed by atoms with E-state index in [1.807, 2.05) is 20.0 Å². The molecule has 1 fully saturated rings. The molecule has 0 unspecified atom stereocenters. The summed E-state index contributed by atoms with van der Waals surface area (Å²) in [6.45, 7) is 9.46. The van der Waals surface area contributed by atoms with E-state index in [0.717, 1.165) is 61.0 Å². The number of nitrogens with zero attached hydrogens (tertiary/aromatic N) is 4. The zero-order valence-electron chi connectivity index (χ0n) is 15.5. The summed E-state index contributed by atoms with van der Waals surface area (Å²) in [4.78, 5) is 11.2. The largest absolute Gasteiger partial charge is 0.496 e. The molecule has 3 heterocycles. The van der Waals surface area contributed by atoms with Gasteiger partial charge in [0.15, 0.2) is 5.82 Å². The van der Waals surface area contributed by atoms with E-state index in [2.05, 4.69) is 32.3 Å². The normalized spacial score (nSPS) is 18.5. The molecule has 2 aromatic rings. The van der Waals surface area contributed by atoms with Crippen LogP contribution in [-0.4, -0.2) is 46.3 Å². The van der Waals surface area contributed by atoms with Crippen LogP contribution in [0, 0.1) is 20.8 Å². The molecular formula is C18H27N5O2. The van der Waals surface area contributed by atoms with Crippen LogP contribution in [0.15, 0.2) is 10.7 Å². The number of hydrogen-bond acceptors (Lipinski definition) is 7. The van der Waals surface area contributed by atoms with Gasteiger partial charge in [-0.2, -0.15) is 4.98 Å². The lowest BCUT2D eigenvalue weighted by Gasteiger charge is -2.32. The zero-order chi connectivity index (χ0) is 17.8. The topological polar surface area (TPSA) is 76.3 Å². The Balaban J connectivity index is 1.56. The van der Waals surface area contributed by atoms with E-state index in [1.165, 1.54) is 6.42 Å². The molecule has 0 amide bonds. The maximum Gasteiger partial charge on any atom is 0.223 e. The smallest absolute Gasteiger partial charge is 0.223 e. The zero-order valence-corrected chi connectivity index (χ0v) is 15.5. The van der Waals surface area contributed by atoms with Crippen molar-refractivity contribution in [3.05, 3.63) is 34.7 Å². The first-order valence-corrected chi connectivity index (χ1v) is 8.80. The average Bonchev–Trinajstić information content (AvgIpc) is 3.00. The number of rotatable bonds is 6. The first kappa shape index (κ1) is 17.8. The maximum atomic E-state index is 5.49. The van der Waals surface area contributed by atoms with E-state index in [1.54, 1.807) is 7.11 Å². The van der Waals surface area contributed by atoms with Crippen molar-refractivity contribution >= 4 is 0 Å². The van der Waals surface area contributed by atoms with Crippen molar-refractivity contribution in [2.45, 2.75) is 52.7 Å². The molecule has 1 aliphatic rings. The van der Waals surface area contributed by atoms with E-state index in [4.69, 9.17) is 9.26 Å². The lowest BCUT2D eigenvalue weighted by Crippen LogP contribution is -2.45. The Bertz CT molecular complexity index is 715. The molecule has 0 saturated carbocycles. The standard InChI is InChI=1S/C18H27N5O2/c1-12-8-20-16(13(2)18(12)24-4)9-19-15-6-5-7-23(10-15)11-17-21-14(3)25-22-17/h8,15,19H,5-7,9-11H2,1-4H3/t15-/m1/s1. The van der Waals surface area contributed by atoms with Gasteiger partial charge in [-0.1, -0.05) is 5.16 Å². The van der Waals surface area contributed by atoms with Gasteiger partial charge in [0, 0.05) is 43.4 Å². The van der Waals surface area contributed by atoms with Gasteiger partial charge in [0.2, 0.25) is 5.89 Å². The number of hydrogen-bond donors (Lipinski definition) is 1. The summed E-state index contributed by atoms with van der Waals surface area (Å²) < 4.78 is 10.6. The Morgan fingerprint density at radius 3 is 2.92 bits per heavy atom. The molecule has 1 saturated heterocycles. The van der Waals surface area contributed by atoms with Gasteiger partial charge in [-0.05, 0) is 33.2 Å². The molecule has 25 heavy (non-hydrogen) atoms. The van der Waals surface area contributed by atoms with Crippen LogP contribution in [-0.2, 0) is 13.1 Å². The highest BCUT2D eigenvalue weighted by atomic mass is 16.5. The summed E-state index contributed by atoms with van der Waals surface area (Å²) in [5.41, 5.74) is 3.24. The SMILES string of the molecule is COc1c(C)cnc(CN[C@@H]2CCCN(Cc3noc(C)n3)C2)c1C. The minimum absolute atomic E-state index is 0.440. The van der Waals surface area contributed by atoms with Crippen molar-refractivity contribution in [2.75, 3.05) is 20.2 Å². The Morgan fingerprint density at radius 2 is 2.20 bits per heavy atom. The average molecular weight is 345 g/mol. The predicted octanol–water partition coefficient (Wildman–Crippen LogP) is 2.15. The molecule has 7 heteroatoms. The summed E-state index contributed by atoms with van der Waals surface area (Å²) in [5, 5.41) is 7.64. The number of aromatic nitrogens is 3. The van der Waals surface area contributed by atoms with Crippen LogP contribution in [0.2, 0.25) is 0 Å². The third kappa shape index (κ3) is 4.35. The first-order valence-electron chi connectivity index (χ1n) is 8.80. The van der Waals surface area contributed by atoms with E-state index >= 15 is 0 Å². The lowest BCUT2D eigenvalue weighted by molar-refractivity contribution is 0.177. The fraction of sp³-hybridized carbons (Fsp3) is 0.611. The van der Waals surface area contributed by atoms with Crippen LogP contribution in [0.25, 0.3) is 0 Å². The second kappa shape index (κ2) is 7.93. The van der Waals surface area contributed by atoms with Crippen LogP contribution in [0.4, 0.5) is 0 Å². The Labute approximate surface area is 148 Å². The van der Waals surface area contributed by atoms with E-state index in [9.17, 15) is 0 Å². The van der Waals surface area contributed by atoms with E-state index < -0.39 is 0 Å². The van der Waals surface area contributed by atoms with Gasteiger partial charge in [0.05, 0.1) is 19.3 Å². The van der Waals surface area contributed by atoms with Gasteiger partial charge in [0.25, 0.3) is 0 Å². The maximum absolute atomic E-state index is 5.49. The highest BCUT2D eigenvalue weighted by Gasteiger charge is 2.21. The quantitative estimate of drug-likeness (QED) is 0.859. The fourth-order valence-corrected chi connectivity index (χ4v) is 3.46. The fourth-order valence-electron chi connectivity index (χ4n) is 3.46. The molecule has 3 rings (SSSR count). The summed E-state index contributed by atoms with van der Waals surface area (Å²) in [6, 6.07) is 0.440. The molecule has 0 radical (unpaired) electrons. The number of aryl methyl sites for hydroxylation is 2. The first-order chi connectivity index (χ1) is 12.1. The van der Waals surface area contributed by atoms with Crippen molar-refractivity contribution in [1.82, 2.24) is 25.3 Å². The van der Waals surface area contributed by atoms with E-state index in [0.29, 0.717) is 11.9 Å². The molecule has 0 aliphatic carbocycles. The van der Waals surface area contributed by atoms with Gasteiger partial charge < -0.3 is 14.6 Å². The van der Waals surface area contributed by atoms with Gasteiger partial charge in [0.1, 0.15) is 5.75 Å². The van der Waals surface area contributed by atoms with Crippen LogP contribution in [0.3, 0.4) is 0 Å². The summed E-state index contributed by atoms with van der Waals surface area (Å²) in [5.74, 6) is 2.32. The highest BCUT2D eigenvalue weighted by molar-refractivity contribution is 5.41. The van der Waals surface area contributed by atoms with Gasteiger partial charge >= 0.3 is 0 Å². The van der Waals surface area contributed by atoms with Crippen molar-refractivity contribution in [1.29, 1.82) is 0 Å². The summed E-state index contributed by atoms with van der Waals surface area (Å²) in [7, 11) is 1.71. The third-order valence-corrected chi connectivity index (χ3v) is 4.75. The van der Waals surface area contributed by atoms with Gasteiger partial charge in [-0.3, -0.25) is 9.88 Å². The molecule has 136 valence electrons. The Kier molecular flexibility index (Phi) is 5.65. The van der Waals surface area contributed by atoms with Crippen molar-refractivity contribution < 1.29 is 9.26 Å². The number of pyridine rings is 1. The molecule has 0 spiro atoms. The molecule has 0 aromatic carbocycles. The lowest BCUT2D eigenvalue weighted by atomic mass is 10.0. The second-order valence-corrected chi connectivity index (χ2v) is 6.73. The Hall–Kier alpha value is -1.99. The predicted molar refractivity (Wildman–Crippen MR) is 94.4 cm³/mol. The molecule has 1 aliphatic heterocycles. The highest BCUT2D eigenvalue weighted by Crippen LogP contribution is 2.24.